The van der Waals surface area contributed by atoms with E-state index in [2.05, 4.69) is 0 Å². The standard InChI is InChI=1S/C4H4O4.C2H6O.2H3N/c5-3(6)1-2-4(7)8;1-2-3;;/h1-2H,(H,5,6)(H,7,8);3H,2H2,1H3;2*1H3/b2-1+;;;. The van der Waals surface area contributed by atoms with Crippen LogP contribution in [0.2, 0.25) is 0 Å². The number of hydrogen-bond donors (Lipinski definition) is 5. The highest BCUT2D eigenvalue weighted by molar-refractivity contribution is 5.89. The molecular weight excluding hydrogens is 180 g/mol. The SMILES string of the molecule is CCO.N.N.O=C(O)/C=C/C(=O)O. The number of hydrogen-bond acceptors (Lipinski definition) is 5. The molecule has 80 valence electrons. The Bertz CT molecular complexity index is 141. The third-order valence-electron chi connectivity index (χ3n) is 0.368. The van der Waals surface area contributed by atoms with Crippen molar-refractivity contribution in [1.29, 1.82) is 0 Å². The van der Waals surface area contributed by atoms with Gasteiger partial charge in [-0.25, -0.2) is 9.59 Å². The lowest BCUT2D eigenvalue weighted by Crippen LogP contribution is -1.91. The van der Waals surface area contributed by atoms with Gasteiger partial charge in [0.1, 0.15) is 0 Å². The lowest BCUT2D eigenvalue weighted by atomic mass is 10.5. The van der Waals surface area contributed by atoms with Gasteiger partial charge in [0.25, 0.3) is 0 Å². The molecule has 0 aliphatic heterocycles. The quantitative estimate of drug-likeness (QED) is 0.388. The Morgan fingerprint density at radius 1 is 1.08 bits per heavy atom. The summed E-state index contributed by atoms with van der Waals surface area (Å²) in [6.07, 6.45) is 1.12. The fourth-order valence-corrected chi connectivity index (χ4v) is 0.143. The Morgan fingerprint density at radius 2 is 1.23 bits per heavy atom. The van der Waals surface area contributed by atoms with E-state index in [1.165, 1.54) is 0 Å². The van der Waals surface area contributed by atoms with Gasteiger partial charge < -0.3 is 27.6 Å². The number of carbonyl (C=O) groups is 2. The summed E-state index contributed by atoms with van der Waals surface area (Å²) in [5, 5.41) is 23.2. The zero-order valence-electron chi connectivity index (χ0n) is 7.43. The Kier molecular flexibility index (Phi) is 29.3. The molecule has 0 saturated heterocycles. The maximum Gasteiger partial charge on any atom is 0.328 e. The van der Waals surface area contributed by atoms with Crippen molar-refractivity contribution in [2.75, 3.05) is 6.61 Å². The van der Waals surface area contributed by atoms with E-state index in [4.69, 9.17) is 15.3 Å². The summed E-state index contributed by atoms with van der Waals surface area (Å²) in [5.41, 5.74) is 0. The van der Waals surface area contributed by atoms with Gasteiger partial charge in [-0.05, 0) is 6.92 Å². The van der Waals surface area contributed by atoms with Gasteiger partial charge in [-0.1, -0.05) is 0 Å². The molecule has 0 aromatic carbocycles. The van der Waals surface area contributed by atoms with Crippen LogP contribution < -0.4 is 12.3 Å². The first kappa shape index (κ1) is 22.6. The molecule has 7 nitrogen and oxygen atoms in total. The smallest absolute Gasteiger partial charge is 0.328 e. The highest BCUT2D eigenvalue weighted by atomic mass is 16.4. The molecular formula is C6H16N2O5. The molecule has 0 unspecified atom stereocenters. The molecule has 13 heavy (non-hydrogen) atoms. The maximum atomic E-state index is 9.55. The number of carboxylic acid groups (broad SMARTS) is 2. The highest BCUT2D eigenvalue weighted by Crippen LogP contribution is 1.70. The molecule has 0 rings (SSSR count). The fourth-order valence-electron chi connectivity index (χ4n) is 0.143. The second-order valence-corrected chi connectivity index (χ2v) is 1.33. The predicted octanol–water partition coefficient (Wildman–Crippen LogP) is 0.0344. The average molecular weight is 196 g/mol. The van der Waals surface area contributed by atoms with Crippen molar-refractivity contribution in [2.24, 2.45) is 0 Å². The summed E-state index contributed by atoms with van der Waals surface area (Å²) < 4.78 is 0. The largest absolute Gasteiger partial charge is 0.478 e. The molecule has 0 spiro atoms. The Morgan fingerprint density at radius 3 is 1.31 bits per heavy atom. The molecule has 9 N–H and O–H groups in total. The molecule has 0 aromatic rings. The van der Waals surface area contributed by atoms with Gasteiger partial charge in [0, 0.05) is 18.8 Å². The van der Waals surface area contributed by atoms with E-state index in [1.54, 1.807) is 6.92 Å². The number of carboxylic acids is 2. The summed E-state index contributed by atoms with van der Waals surface area (Å²) in [7, 11) is 0. The molecule has 0 aliphatic carbocycles. The zero-order chi connectivity index (χ0) is 9.28. The van der Waals surface area contributed by atoms with Crippen LogP contribution >= 0.6 is 0 Å². The number of rotatable bonds is 2. The molecule has 7 heteroatoms. The second kappa shape index (κ2) is 16.9. The van der Waals surface area contributed by atoms with E-state index in [9.17, 15) is 9.59 Å². The van der Waals surface area contributed by atoms with Gasteiger partial charge in [-0.2, -0.15) is 0 Å². The van der Waals surface area contributed by atoms with Crippen LogP contribution in [0.25, 0.3) is 0 Å². The third kappa shape index (κ3) is 61.1. The van der Waals surface area contributed by atoms with Crippen LogP contribution in [0.3, 0.4) is 0 Å². The third-order valence-corrected chi connectivity index (χ3v) is 0.368. The lowest BCUT2D eigenvalue weighted by Gasteiger charge is -1.74. The molecule has 0 fully saturated rings. The van der Waals surface area contributed by atoms with Crippen LogP contribution in [0.15, 0.2) is 12.2 Å². The highest BCUT2D eigenvalue weighted by Gasteiger charge is 1.88. The summed E-state index contributed by atoms with van der Waals surface area (Å²) in [5.74, 6) is -2.51. The Balaban J connectivity index is -0.0000000720. The summed E-state index contributed by atoms with van der Waals surface area (Å²) in [6.45, 7) is 1.93. The van der Waals surface area contributed by atoms with E-state index in [0.29, 0.717) is 12.2 Å². The Hall–Kier alpha value is -1.44. The molecule has 0 saturated carbocycles. The number of aliphatic hydroxyl groups is 1. The van der Waals surface area contributed by atoms with Crippen LogP contribution in [-0.2, 0) is 9.59 Å². The first-order chi connectivity index (χ1) is 5.04. The van der Waals surface area contributed by atoms with Crippen molar-refractivity contribution < 1.29 is 24.9 Å². The van der Waals surface area contributed by atoms with Crippen LogP contribution in [0.5, 0.6) is 0 Å². The van der Waals surface area contributed by atoms with Gasteiger partial charge in [0.05, 0.1) is 0 Å². The van der Waals surface area contributed by atoms with Crippen molar-refractivity contribution >= 4 is 11.9 Å². The van der Waals surface area contributed by atoms with Gasteiger partial charge in [0.2, 0.25) is 0 Å². The minimum Gasteiger partial charge on any atom is -0.478 e. The summed E-state index contributed by atoms with van der Waals surface area (Å²) >= 11 is 0. The van der Waals surface area contributed by atoms with E-state index in [-0.39, 0.29) is 18.9 Å². The number of aliphatic carboxylic acids is 2. The minimum atomic E-state index is -1.26. The first-order valence-corrected chi connectivity index (χ1v) is 2.79. The average Bonchev–Trinajstić information content (AvgIpc) is 1.85. The first-order valence-electron chi connectivity index (χ1n) is 2.79. The zero-order valence-corrected chi connectivity index (χ0v) is 7.43. The van der Waals surface area contributed by atoms with Crippen LogP contribution in [0.4, 0.5) is 0 Å². The molecule has 0 aliphatic rings. The molecule has 0 radical (unpaired) electrons. The van der Waals surface area contributed by atoms with Crippen molar-refractivity contribution in [3.8, 4) is 0 Å². The monoisotopic (exact) mass is 196 g/mol. The van der Waals surface area contributed by atoms with Crippen molar-refractivity contribution in [2.45, 2.75) is 6.92 Å². The molecule has 0 aromatic heterocycles. The summed E-state index contributed by atoms with van der Waals surface area (Å²) in [6, 6.07) is 0. The molecule has 0 amide bonds. The molecule has 0 atom stereocenters. The van der Waals surface area contributed by atoms with Crippen molar-refractivity contribution in [3.05, 3.63) is 12.2 Å². The van der Waals surface area contributed by atoms with Gasteiger partial charge in [-0.3, -0.25) is 0 Å². The van der Waals surface area contributed by atoms with Gasteiger partial charge in [0.15, 0.2) is 0 Å². The van der Waals surface area contributed by atoms with E-state index in [1.807, 2.05) is 0 Å². The molecule has 0 bridgehead atoms. The van der Waals surface area contributed by atoms with E-state index in [0.717, 1.165) is 0 Å². The van der Waals surface area contributed by atoms with Crippen LogP contribution in [0.1, 0.15) is 6.92 Å². The van der Waals surface area contributed by atoms with Crippen molar-refractivity contribution in [1.82, 2.24) is 12.3 Å². The van der Waals surface area contributed by atoms with Gasteiger partial charge >= 0.3 is 11.9 Å². The topological polar surface area (TPSA) is 165 Å². The molecule has 0 heterocycles. The summed E-state index contributed by atoms with van der Waals surface area (Å²) in [4.78, 5) is 19.1. The van der Waals surface area contributed by atoms with Crippen molar-refractivity contribution in [3.63, 3.8) is 0 Å². The fraction of sp³-hybridized carbons (Fsp3) is 0.333. The normalized spacial score (nSPS) is 7.23. The Labute approximate surface area is 75.9 Å². The van der Waals surface area contributed by atoms with E-state index >= 15 is 0 Å². The maximum absolute atomic E-state index is 9.55. The number of aliphatic hydroxyl groups excluding tert-OH is 1. The lowest BCUT2D eigenvalue weighted by molar-refractivity contribution is -0.134. The van der Waals surface area contributed by atoms with Crippen LogP contribution in [0, 0.1) is 0 Å². The van der Waals surface area contributed by atoms with Crippen LogP contribution in [-0.4, -0.2) is 33.9 Å². The van der Waals surface area contributed by atoms with E-state index < -0.39 is 11.9 Å². The predicted molar refractivity (Wildman–Crippen MR) is 47.2 cm³/mol. The second-order valence-electron chi connectivity index (χ2n) is 1.33. The van der Waals surface area contributed by atoms with Gasteiger partial charge in [-0.15, -0.1) is 0 Å². The minimum absolute atomic E-state index is 0.